The molecule has 0 radical (unpaired) electrons. The molecule has 0 saturated heterocycles. The Labute approximate surface area is 268 Å². The number of hydrogen-bond acceptors (Lipinski definition) is 19. The molecule has 18 nitrogen and oxygen atoms in total. The fourth-order valence-corrected chi connectivity index (χ4v) is 6.28. The number of phenols is 1. The molecule has 0 aliphatic heterocycles. The molecule has 4 aromatic carbocycles. The van der Waals surface area contributed by atoms with Crippen LogP contribution in [-0.2, 0) is 42.9 Å². The predicted molar refractivity (Wildman–Crippen MR) is 162 cm³/mol. The molecule has 4 rings (SSSR count). The van der Waals surface area contributed by atoms with Crippen LogP contribution in [0.5, 0.6) is 5.75 Å². The standard InChI is InChI=1S/C24H21N5O13S4/c25-18-10-9-16-17(22(18)28-27-19-3-1-2-4-21(19)46(35,36)37)13-20(43-41-39-31)23(24(16)30)29-26-14-5-7-15(8-6-14)45(33,34)12-11-38-44-42-40-32/h1-10,13,30-32H,11-12,25H2,(H,35,36,37). The van der Waals surface area contributed by atoms with E-state index >= 15 is 0 Å². The minimum absolute atomic E-state index is 0.00300. The topological polar surface area (TPSA) is 271 Å². The summed E-state index contributed by atoms with van der Waals surface area (Å²) in [6.45, 7) is -0.272. The van der Waals surface area contributed by atoms with Crippen LogP contribution < -0.4 is 5.73 Å². The molecule has 6 N–H and O–H groups in total. The first-order valence-electron chi connectivity index (χ1n) is 12.2. The van der Waals surface area contributed by atoms with E-state index in [4.69, 9.17) is 20.4 Å². The van der Waals surface area contributed by atoms with Gasteiger partial charge >= 0.3 is 0 Å². The lowest BCUT2D eigenvalue weighted by Crippen LogP contribution is -2.10. The van der Waals surface area contributed by atoms with Crippen molar-refractivity contribution in [1.82, 2.24) is 0 Å². The molecule has 0 unspecified atom stereocenters. The Balaban J connectivity index is 1.68. The summed E-state index contributed by atoms with van der Waals surface area (Å²) in [6.07, 6.45) is 0. The third kappa shape index (κ3) is 8.72. The Morgan fingerprint density at radius 3 is 2.20 bits per heavy atom. The van der Waals surface area contributed by atoms with Crippen LogP contribution in [0.2, 0.25) is 0 Å². The molecule has 22 heteroatoms. The van der Waals surface area contributed by atoms with E-state index in [1.807, 2.05) is 0 Å². The highest BCUT2D eigenvalue weighted by atomic mass is 32.2. The predicted octanol–water partition coefficient (Wildman–Crippen LogP) is 6.41. The van der Waals surface area contributed by atoms with Crippen molar-refractivity contribution in [3.63, 3.8) is 0 Å². The molecule has 4 aromatic rings. The number of benzene rings is 4. The third-order valence-electron chi connectivity index (χ3n) is 5.79. The molecule has 0 aliphatic carbocycles. The molecule has 46 heavy (non-hydrogen) atoms. The third-order valence-corrected chi connectivity index (χ3v) is 9.39. The largest absolute Gasteiger partial charge is 0.505 e. The molecular weight excluding hydrogens is 695 g/mol. The highest BCUT2D eigenvalue weighted by Gasteiger charge is 2.20. The lowest BCUT2D eigenvalue weighted by Gasteiger charge is -2.12. The summed E-state index contributed by atoms with van der Waals surface area (Å²) in [5.74, 6) is -0.847. The lowest BCUT2D eigenvalue weighted by atomic mass is 10.1. The zero-order chi connectivity index (χ0) is 33.3. The summed E-state index contributed by atoms with van der Waals surface area (Å²) < 4.78 is 71.3. The molecule has 0 aromatic heterocycles. The molecule has 0 spiro atoms. The number of nitrogen functional groups attached to an aromatic ring is 1. The first-order chi connectivity index (χ1) is 22.0. The van der Waals surface area contributed by atoms with Crippen molar-refractivity contribution in [2.75, 3.05) is 18.1 Å². The maximum atomic E-state index is 12.5. The zero-order valence-electron chi connectivity index (χ0n) is 22.7. The Kier molecular flexibility index (Phi) is 12.0. The number of hydrogen-bond donors (Lipinski definition) is 5. The van der Waals surface area contributed by atoms with Gasteiger partial charge in [-0.15, -0.1) is 24.0 Å². The van der Waals surface area contributed by atoms with Gasteiger partial charge in [0.05, 0.1) is 45.6 Å². The van der Waals surface area contributed by atoms with Crippen molar-refractivity contribution >= 4 is 83.5 Å². The Hall–Kier alpha value is -3.78. The van der Waals surface area contributed by atoms with Gasteiger partial charge in [0, 0.05) is 10.8 Å². The van der Waals surface area contributed by atoms with E-state index in [0.717, 1.165) is 6.07 Å². The van der Waals surface area contributed by atoms with Crippen molar-refractivity contribution < 1.29 is 59.9 Å². The minimum atomic E-state index is -4.62. The van der Waals surface area contributed by atoms with Crippen LogP contribution in [0.3, 0.4) is 0 Å². The summed E-state index contributed by atoms with van der Waals surface area (Å²) in [5.41, 5.74) is 6.06. The number of sulfone groups is 1. The molecule has 0 saturated carbocycles. The second kappa shape index (κ2) is 15.7. The maximum Gasteiger partial charge on any atom is 0.296 e. The Bertz CT molecular complexity index is 1980. The number of anilines is 1. The number of phenolic OH excluding ortho intramolecular Hbond substituents is 1. The van der Waals surface area contributed by atoms with E-state index in [1.54, 1.807) is 0 Å². The van der Waals surface area contributed by atoms with Crippen molar-refractivity contribution in [2.45, 2.75) is 14.7 Å². The second-order valence-electron chi connectivity index (χ2n) is 8.58. The van der Waals surface area contributed by atoms with E-state index in [9.17, 15) is 26.5 Å². The molecule has 0 amide bonds. The van der Waals surface area contributed by atoms with Crippen LogP contribution in [0.25, 0.3) is 10.8 Å². The number of rotatable bonds is 15. The fraction of sp³-hybridized carbons (Fsp3) is 0.0833. The number of azo groups is 2. The summed E-state index contributed by atoms with van der Waals surface area (Å²) in [4.78, 5) is -0.501. The number of nitrogens with two attached hydrogens (primary N) is 1. The summed E-state index contributed by atoms with van der Waals surface area (Å²) in [7, 11) is -8.38. The first-order valence-corrected chi connectivity index (χ1v) is 16.7. The van der Waals surface area contributed by atoms with Crippen LogP contribution >= 0.6 is 24.4 Å². The van der Waals surface area contributed by atoms with Gasteiger partial charge in [-0.1, -0.05) is 22.2 Å². The van der Waals surface area contributed by atoms with Gasteiger partial charge in [-0.3, -0.25) is 8.74 Å². The highest BCUT2D eigenvalue weighted by Crippen LogP contribution is 2.47. The van der Waals surface area contributed by atoms with Gasteiger partial charge in [0.25, 0.3) is 10.1 Å². The molecule has 244 valence electrons. The van der Waals surface area contributed by atoms with Crippen molar-refractivity contribution in [3.8, 4) is 5.75 Å². The monoisotopic (exact) mass is 715 g/mol. The SMILES string of the molecule is Nc1ccc2c(O)c(N=Nc3ccc(S(=O)(=O)CCOSOOO)cc3)c(SOOO)cc2c1N=Nc1ccccc1S(=O)(=O)O. The quantitative estimate of drug-likeness (QED) is 0.0169. The highest BCUT2D eigenvalue weighted by molar-refractivity contribution is 7.94. The molecule has 0 fully saturated rings. The zero-order valence-corrected chi connectivity index (χ0v) is 26.0. The molecule has 0 atom stereocenters. The average Bonchev–Trinajstić information content (AvgIpc) is 3.02. The van der Waals surface area contributed by atoms with Crippen LogP contribution in [0.1, 0.15) is 0 Å². The molecule has 0 aliphatic rings. The van der Waals surface area contributed by atoms with E-state index in [0.29, 0.717) is 12.0 Å². The van der Waals surface area contributed by atoms with Gasteiger partial charge in [-0.05, 0) is 54.6 Å². The molecular formula is C24H21N5O13S4. The van der Waals surface area contributed by atoms with Crippen molar-refractivity contribution in [3.05, 3.63) is 66.7 Å². The number of aromatic hydroxyl groups is 1. The van der Waals surface area contributed by atoms with E-state index in [-0.39, 0.29) is 67.9 Å². The maximum absolute atomic E-state index is 12.5. The van der Waals surface area contributed by atoms with Gasteiger partial charge in [0.15, 0.2) is 27.9 Å². The Morgan fingerprint density at radius 2 is 1.50 bits per heavy atom. The molecule has 0 heterocycles. The van der Waals surface area contributed by atoms with Crippen LogP contribution in [0.4, 0.5) is 28.4 Å². The lowest BCUT2D eigenvalue weighted by molar-refractivity contribution is -0.434. The van der Waals surface area contributed by atoms with Crippen LogP contribution in [0.15, 0.2) is 102 Å². The van der Waals surface area contributed by atoms with Gasteiger partial charge < -0.3 is 10.8 Å². The van der Waals surface area contributed by atoms with E-state index < -0.39 is 36.4 Å². The van der Waals surface area contributed by atoms with Gasteiger partial charge in [0.2, 0.25) is 0 Å². The van der Waals surface area contributed by atoms with Gasteiger partial charge in [-0.25, -0.2) is 18.9 Å². The van der Waals surface area contributed by atoms with E-state index in [2.05, 4.69) is 39.2 Å². The number of nitrogens with zero attached hydrogens (tertiary/aromatic N) is 4. The molecule has 0 bridgehead atoms. The van der Waals surface area contributed by atoms with Crippen molar-refractivity contribution in [1.29, 1.82) is 0 Å². The second-order valence-corrected chi connectivity index (χ2v) is 13.3. The van der Waals surface area contributed by atoms with Crippen LogP contribution in [-0.4, -0.2) is 49.4 Å². The Morgan fingerprint density at radius 1 is 0.804 bits per heavy atom. The summed E-state index contributed by atoms with van der Waals surface area (Å²) >= 11 is 0.676. The fourth-order valence-electron chi connectivity index (χ4n) is 3.76. The van der Waals surface area contributed by atoms with E-state index in [1.165, 1.54) is 60.7 Å². The average molecular weight is 716 g/mol. The van der Waals surface area contributed by atoms with Crippen molar-refractivity contribution in [2.24, 2.45) is 20.5 Å². The minimum Gasteiger partial charge on any atom is -0.505 e. The normalized spacial score (nSPS) is 12.5. The summed E-state index contributed by atoms with van der Waals surface area (Å²) in [5, 5.41) is 51.4. The smallest absolute Gasteiger partial charge is 0.296 e. The summed E-state index contributed by atoms with van der Waals surface area (Å²) in [6, 6.07) is 14.8. The number of fused-ring (bicyclic) bond motifs is 1. The van der Waals surface area contributed by atoms with Gasteiger partial charge in [-0.2, -0.15) is 13.5 Å². The first kappa shape index (κ1) is 35.1. The van der Waals surface area contributed by atoms with Gasteiger partial charge in [0.1, 0.15) is 22.0 Å². The van der Waals surface area contributed by atoms with Crippen LogP contribution in [0, 0.1) is 0 Å².